The smallest absolute Gasteiger partial charge is 0.251 e. The van der Waals surface area contributed by atoms with Crippen LogP contribution in [0, 0.1) is 6.92 Å². The van der Waals surface area contributed by atoms with E-state index < -0.39 is 0 Å². The normalized spacial score (nSPS) is 17.1. The summed E-state index contributed by atoms with van der Waals surface area (Å²) in [4.78, 5) is 25.5. The molecule has 0 amide bonds. The Balaban J connectivity index is 1.55. The Labute approximate surface area is 161 Å². The topological polar surface area (TPSA) is 71.1 Å². The predicted molar refractivity (Wildman–Crippen MR) is 105 cm³/mol. The minimum Gasteiger partial charge on any atom is -0.370 e. The highest BCUT2D eigenvalue weighted by atomic mass is 35.5. The highest BCUT2D eigenvalue weighted by molar-refractivity contribution is 6.31. The number of morpholine rings is 1. The van der Waals surface area contributed by atoms with E-state index in [0.29, 0.717) is 29.7 Å². The summed E-state index contributed by atoms with van der Waals surface area (Å²) < 4.78 is 5.91. The van der Waals surface area contributed by atoms with Gasteiger partial charge in [0.25, 0.3) is 5.56 Å². The first-order valence-electron chi connectivity index (χ1n) is 8.75. The van der Waals surface area contributed by atoms with Gasteiger partial charge in [-0.1, -0.05) is 29.8 Å². The Morgan fingerprint density at radius 1 is 1.26 bits per heavy atom. The third kappa shape index (κ3) is 3.86. The number of halogens is 1. The lowest BCUT2D eigenvalue weighted by Crippen LogP contribution is -2.38. The number of aromatic amines is 1. The Kier molecular flexibility index (Phi) is 4.92. The highest BCUT2D eigenvalue weighted by Crippen LogP contribution is 2.30. The molecule has 1 aliphatic rings. The van der Waals surface area contributed by atoms with E-state index in [9.17, 15) is 4.79 Å². The zero-order chi connectivity index (χ0) is 18.8. The van der Waals surface area contributed by atoms with Crippen LogP contribution in [0.25, 0.3) is 11.4 Å². The number of anilines is 1. The molecule has 2 aromatic heterocycles. The first-order valence-corrected chi connectivity index (χ1v) is 9.13. The molecule has 138 valence electrons. The Morgan fingerprint density at radius 2 is 2.11 bits per heavy atom. The summed E-state index contributed by atoms with van der Waals surface area (Å²) in [7, 11) is 0. The Hall–Kier alpha value is -2.70. The molecule has 4 rings (SSSR count). The van der Waals surface area contributed by atoms with Crippen LogP contribution in [-0.4, -0.2) is 34.6 Å². The zero-order valence-electron chi connectivity index (χ0n) is 14.9. The fourth-order valence-electron chi connectivity index (χ4n) is 3.21. The molecule has 1 saturated heterocycles. The minimum atomic E-state index is -0.169. The summed E-state index contributed by atoms with van der Waals surface area (Å²) in [6, 6.07) is 13.1. The van der Waals surface area contributed by atoms with Gasteiger partial charge >= 0.3 is 0 Å². The van der Waals surface area contributed by atoms with Gasteiger partial charge in [-0.2, -0.15) is 0 Å². The summed E-state index contributed by atoms with van der Waals surface area (Å²) >= 11 is 6.32. The maximum atomic E-state index is 11.6. The molecule has 6 nitrogen and oxygen atoms in total. The second kappa shape index (κ2) is 7.50. The van der Waals surface area contributed by atoms with Crippen LogP contribution in [0.3, 0.4) is 0 Å². The molecule has 0 spiro atoms. The molecule has 7 heteroatoms. The van der Waals surface area contributed by atoms with Gasteiger partial charge in [-0.3, -0.25) is 4.79 Å². The number of aryl methyl sites for hydroxylation is 1. The zero-order valence-corrected chi connectivity index (χ0v) is 15.6. The number of ether oxygens (including phenoxy) is 1. The molecule has 0 saturated carbocycles. The van der Waals surface area contributed by atoms with Crippen molar-refractivity contribution in [1.29, 1.82) is 0 Å². The maximum absolute atomic E-state index is 11.6. The Bertz CT molecular complexity index is 1000. The van der Waals surface area contributed by atoms with Crippen LogP contribution in [-0.2, 0) is 4.74 Å². The number of nitrogens with one attached hydrogen (secondary N) is 1. The van der Waals surface area contributed by atoms with Gasteiger partial charge in [0, 0.05) is 47.2 Å². The fraction of sp³-hybridized carbons (Fsp3) is 0.250. The van der Waals surface area contributed by atoms with E-state index in [1.807, 2.05) is 36.4 Å². The molecule has 0 bridgehead atoms. The van der Waals surface area contributed by atoms with E-state index in [0.717, 1.165) is 23.5 Å². The summed E-state index contributed by atoms with van der Waals surface area (Å²) in [5.74, 6) is 1.38. The fourth-order valence-corrected chi connectivity index (χ4v) is 3.47. The van der Waals surface area contributed by atoms with E-state index in [1.54, 1.807) is 13.1 Å². The molecular formula is C20H19ClN4O2. The summed E-state index contributed by atoms with van der Waals surface area (Å²) in [6.07, 6.45) is 1.64. The molecular weight excluding hydrogens is 364 g/mol. The predicted octanol–water partition coefficient (Wildman–Crippen LogP) is 3.37. The van der Waals surface area contributed by atoms with E-state index >= 15 is 0 Å². The van der Waals surface area contributed by atoms with E-state index in [-0.39, 0.29) is 11.7 Å². The highest BCUT2D eigenvalue weighted by Gasteiger charge is 2.24. The monoisotopic (exact) mass is 382 g/mol. The van der Waals surface area contributed by atoms with Gasteiger partial charge in [-0.05, 0) is 25.1 Å². The molecule has 0 aliphatic carbocycles. The second-order valence-corrected chi connectivity index (χ2v) is 6.87. The van der Waals surface area contributed by atoms with Crippen molar-refractivity contribution in [2.24, 2.45) is 0 Å². The number of aromatic nitrogens is 3. The van der Waals surface area contributed by atoms with Crippen molar-refractivity contribution in [3.8, 4) is 11.4 Å². The SMILES string of the molecule is Cc1cc(=O)[nH]c(-c2ccc(N3CCOC(c4ccccc4Cl)C3)nc2)n1. The van der Waals surface area contributed by atoms with Crippen LogP contribution in [0.2, 0.25) is 5.02 Å². The van der Waals surface area contributed by atoms with Gasteiger partial charge in [-0.25, -0.2) is 9.97 Å². The number of H-pyrrole nitrogens is 1. The van der Waals surface area contributed by atoms with Crippen LogP contribution < -0.4 is 10.5 Å². The van der Waals surface area contributed by atoms with Gasteiger partial charge < -0.3 is 14.6 Å². The van der Waals surface area contributed by atoms with Gasteiger partial charge in [-0.15, -0.1) is 0 Å². The molecule has 1 unspecified atom stereocenters. The number of nitrogens with zero attached hydrogens (tertiary/aromatic N) is 3. The lowest BCUT2D eigenvalue weighted by molar-refractivity contribution is 0.0396. The number of pyridine rings is 1. The summed E-state index contributed by atoms with van der Waals surface area (Å²) in [5.41, 5.74) is 2.27. The van der Waals surface area contributed by atoms with Crippen LogP contribution >= 0.6 is 11.6 Å². The minimum absolute atomic E-state index is 0.0938. The average Bonchev–Trinajstić information content (AvgIpc) is 2.68. The van der Waals surface area contributed by atoms with Crippen molar-refractivity contribution in [1.82, 2.24) is 15.0 Å². The molecule has 3 heterocycles. The standard InChI is InChI=1S/C20H19ClN4O2/c1-13-10-19(26)24-20(23-13)14-6-7-18(22-11-14)25-8-9-27-17(12-25)15-4-2-3-5-16(15)21/h2-7,10-11,17H,8-9,12H2,1H3,(H,23,24,26). The van der Waals surface area contributed by atoms with Crippen LogP contribution in [0.5, 0.6) is 0 Å². The van der Waals surface area contributed by atoms with Crippen molar-refractivity contribution in [3.63, 3.8) is 0 Å². The third-order valence-corrected chi connectivity index (χ3v) is 4.88. The van der Waals surface area contributed by atoms with E-state index in [4.69, 9.17) is 16.3 Å². The maximum Gasteiger partial charge on any atom is 0.251 e. The van der Waals surface area contributed by atoms with Crippen molar-refractivity contribution < 1.29 is 4.74 Å². The quantitative estimate of drug-likeness (QED) is 0.752. The van der Waals surface area contributed by atoms with E-state index in [2.05, 4.69) is 19.9 Å². The van der Waals surface area contributed by atoms with Gasteiger partial charge in [0.2, 0.25) is 0 Å². The number of rotatable bonds is 3. The largest absolute Gasteiger partial charge is 0.370 e. The second-order valence-electron chi connectivity index (χ2n) is 6.47. The molecule has 3 aromatic rings. The molecule has 27 heavy (non-hydrogen) atoms. The lowest BCUT2D eigenvalue weighted by Gasteiger charge is -2.34. The summed E-state index contributed by atoms with van der Waals surface area (Å²) in [5, 5.41) is 0.710. The first-order chi connectivity index (χ1) is 13.1. The summed E-state index contributed by atoms with van der Waals surface area (Å²) in [6.45, 7) is 3.83. The van der Waals surface area contributed by atoms with Crippen LogP contribution in [0.1, 0.15) is 17.4 Å². The third-order valence-electron chi connectivity index (χ3n) is 4.53. The average molecular weight is 383 g/mol. The van der Waals surface area contributed by atoms with Crippen molar-refractivity contribution >= 4 is 17.4 Å². The molecule has 1 N–H and O–H groups in total. The van der Waals surface area contributed by atoms with Crippen LogP contribution in [0.4, 0.5) is 5.82 Å². The number of hydrogen-bond acceptors (Lipinski definition) is 5. The number of hydrogen-bond donors (Lipinski definition) is 1. The van der Waals surface area contributed by atoms with Gasteiger partial charge in [0.15, 0.2) is 0 Å². The first kappa shape index (κ1) is 17.7. The molecule has 1 aromatic carbocycles. The lowest BCUT2D eigenvalue weighted by atomic mass is 10.1. The van der Waals surface area contributed by atoms with Gasteiger partial charge in [0.05, 0.1) is 6.61 Å². The number of benzene rings is 1. The molecule has 0 radical (unpaired) electrons. The van der Waals surface area contributed by atoms with Gasteiger partial charge in [0.1, 0.15) is 17.7 Å². The van der Waals surface area contributed by atoms with Crippen molar-refractivity contribution in [3.05, 3.63) is 75.3 Å². The van der Waals surface area contributed by atoms with Crippen LogP contribution in [0.15, 0.2) is 53.5 Å². The molecule has 1 fully saturated rings. The molecule has 1 aliphatic heterocycles. The van der Waals surface area contributed by atoms with Crippen molar-refractivity contribution in [2.75, 3.05) is 24.6 Å². The Morgan fingerprint density at radius 3 is 2.85 bits per heavy atom. The van der Waals surface area contributed by atoms with Crippen molar-refractivity contribution in [2.45, 2.75) is 13.0 Å². The molecule has 1 atom stereocenters. The van der Waals surface area contributed by atoms with E-state index in [1.165, 1.54) is 6.07 Å².